The van der Waals surface area contributed by atoms with Crippen molar-refractivity contribution in [3.63, 3.8) is 0 Å². The maximum atomic E-state index is 6.41. The summed E-state index contributed by atoms with van der Waals surface area (Å²) < 4.78 is 9.26. The molecule has 0 radical (unpaired) electrons. The van der Waals surface area contributed by atoms with Crippen LogP contribution in [0.1, 0.15) is 29.8 Å². The molecule has 0 aliphatic rings. The van der Waals surface area contributed by atoms with Crippen molar-refractivity contribution in [1.29, 1.82) is 0 Å². The van der Waals surface area contributed by atoms with Crippen LogP contribution in [0.5, 0.6) is 5.75 Å². The van der Waals surface area contributed by atoms with Crippen LogP contribution >= 0.6 is 38.6 Å². The normalized spacial score (nSPS) is 12.7. The summed E-state index contributed by atoms with van der Waals surface area (Å²) in [6.45, 7) is 2.83. The van der Waals surface area contributed by atoms with Gasteiger partial charge in [-0.3, -0.25) is 0 Å². The number of rotatable bonds is 5. The van der Waals surface area contributed by atoms with Gasteiger partial charge in [0.05, 0.1) is 17.1 Å². The summed E-state index contributed by atoms with van der Waals surface area (Å²) in [6, 6.07) is 10.4. The largest absolute Gasteiger partial charge is 0.492 e. The molecule has 1 atom stereocenters. The molecule has 0 saturated carbocycles. The predicted molar refractivity (Wildman–Crippen MR) is 95.7 cm³/mol. The highest BCUT2D eigenvalue weighted by Crippen LogP contribution is 2.36. The van der Waals surface area contributed by atoms with Gasteiger partial charge in [0.2, 0.25) is 0 Å². The molecule has 110 valence electrons. The van der Waals surface area contributed by atoms with Crippen LogP contribution in [0.15, 0.2) is 40.2 Å². The summed E-state index contributed by atoms with van der Waals surface area (Å²) in [5.74, 6) is 0.875. The van der Waals surface area contributed by atoms with Crippen molar-refractivity contribution in [3.8, 4) is 5.75 Å². The lowest BCUT2D eigenvalue weighted by atomic mass is 10.1. The van der Waals surface area contributed by atoms with Crippen LogP contribution in [0, 0.1) is 0 Å². The van der Waals surface area contributed by atoms with Crippen molar-refractivity contribution in [2.75, 3.05) is 6.61 Å². The lowest BCUT2D eigenvalue weighted by molar-refractivity contribution is 0.315. The van der Waals surface area contributed by atoms with Crippen molar-refractivity contribution in [2.45, 2.75) is 19.4 Å². The quantitative estimate of drug-likeness (QED) is 0.627. The second-order valence-electron chi connectivity index (χ2n) is 4.81. The first-order valence-electron chi connectivity index (χ1n) is 6.84. The molecule has 1 unspecified atom stereocenters. The molecule has 0 fully saturated rings. The summed E-state index contributed by atoms with van der Waals surface area (Å²) in [5.41, 5.74) is 7.51. The van der Waals surface area contributed by atoms with E-state index in [0.717, 1.165) is 28.8 Å². The third-order valence-corrected chi connectivity index (χ3v) is 6.04. The molecule has 21 heavy (non-hydrogen) atoms. The van der Waals surface area contributed by atoms with Gasteiger partial charge in [-0.05, 0) is 57.6 Å². The molecule has 5 heteroatoms. The standard InChI is InChI=1S/C16H16BrNOS2/c1-2-6-19-12-4-3-10(8-11(12)17)16(18)15-9-14-13(21-15)5-7-20-14/h3-5,7-9,16H,2,6,18H2,1H3. The molecule has 1 aromatic carbocycles. The monoisotopic (exact) mass is 381 g/mol. The smallest absolute Gasteiger partial charge is 0.133 e. The van der Waals surface area contributed by atoms with E-state index in [4.69, 9.17) is 10.5 Å². The van der Waals surface area contributed by atoms with Crippen molar-refractivity contribution in [1.82, 2.24) is 0 Å². The number of halogens is 1. The van der Waals surface area contributed by atoms with Crippen molar-refractivity contribution < 1.29 is 4.74 Å². The van der Waals surface area contributed by atoms with Gasteiger partial charge in [-0.15, -0.1) is 22.7 Å². The number of thiophene rings is 2. The molecule has 0 aliphatic heterocycles. The number of hydrogen-bond donors (Lipinski definition) is 1. The number of fused-ring (bicyclic) bond motifs is 1. The zero-order valence-corrected chi connectivity index (χ0v) is 14.9. The zero-order valence-electron chi connectivity index (χ0n) is 11.6. The third-order valence-electron chi connectivity index (χ3n) is 3.24. The van der Waals surface area contributed by atoms with E-state index < -0.39 is 0 Å². The minimum absolute atomic E-state index is 0.0916. The summed E-state index contributed by atoms with van der Waals surface area (Å²) in [4.78, 5) is 1.20. The molecule has 2 heterocycles. The topological polar surface area (TPSA) is 35.2 Å². The Morgan fingerprint density at radius 1 is 1.24 bits per heavy atom. The fourth-order valence-corrected chi connectivity index (χ4v) is 4.80. The first-order valence-corrected chi connectivity index (χ1v) is 9.32. The summed E-state index contributed by atoms with van der Waals surface area (Å²) >= 11 is 7.10. The van der Waals surface area contributed by atoms with Gasteiger partial charge in [0, 0.05) is 14.3 Å². The van der Waals surface area contributed by atoms with Gasteiger partial charge < -0.3 is 10.5 Å². The van der Waals surface area contributed by atoms with E-state index in [2.05, 4.69) is 46.4 Å². The molecule has 0 bridgehead atoms. The molecule has 3 aromatic rings. The van der Waals surface area contributed by atoms with Crippen LogP contribution in [0.3, 0.4) is 0 Å². The zero-order chi connectivity index (χ0) is 14.8. The average Bonchev–Trinajstić information content (AvgIpc) is 3.06. The fraction of sp³-hybridized carbons (Fsp3) is 0.250. The lowest BCUT2D eigenvalue weighted by Gasteiger charge is -2.13. The maximum Gasteiger partial charge on any atom is 0.133 e. The first-order chi connectivity index (χ1) is 10.2. The summed E-state index contributed by atoms with van der Waals surface area (Å²) in [6.07, 6.45) is 1.000. The molecule has 0 amide bonds. The molecular formula is C16H16BrNOS2. The van der Waals surface area contributed by atoms with E-state index in [1.54, 1.807) is 22.7 Å². The van der Waals surface area contributed by atoms with Crippen LogP contribution in [0.2, 0.25) is 0 Å². The van der Waals surface area contributed by atoms with Gasteiger partial charge in [0.1, 0.15) is 5.75 Å². The van der Waals surface area contributed by atoms with E-state index in [1.807, 2.05) is 12.1 Å². The van der Waals surface area contributed by atoms with Crippen molar-refractivity contribution in [2.24, 2.45) is 5.73 Å². The highest BCUT2D eigenvalue weighted by molar-refractivity contribution is 9.10. The number of nitrogens with two attached hydrogens (primary N) is 1. The van der Waals surface area contributed by atoms with Crippen LogP contribution < -0.4 is 10.5 Å². The highest BCUT2D eigenvalue weighted by atomic mass is 79.9. The van der Waals surface area contributed by atoms with Gasteiger partial charge in [-0.25, -0.2) is 0 Å². The van der Waals surface area contributed by atoms with Crippen LogP contribution in [0.4, 0.5) is 0 Å². The number of benzene rings is 1. The molecule has 2 nitrogen and oxygen atoms in total. The average molecular weight is 382 g/mol. The molecule has 2 aromatic heterocycles. The van der Waals surface area contributed by atoms with Crippen molar-refractivity contribution in [3.05, 3.63) is 50.6 Å². The Hall–Kier alpha value is -0.880. The minimum Gasteiger partial charge on any atom is -0.492 e. The second kappa shape index (κ2) is 6.48. The summed E-state index contributed by atoms with van der Waals surface area (Å²) in [5, 5.41) is 2.12. The van der Waals surface area contributed by atoms with Gasteiger partial charge in [0.25, 0.3) is 0 Å². The molecule has 2 N–H and O–H groups in total. The molecule has 0 saturated heterocycles. The third kappa shape index (κ3) is 3.16. The Balaban J connectivity index is 1.85. The van der Waals surface area contributed by atoms with E-state index in [0.29, 0.717) is 0 Å². The van der Waals surface area contributed by atoms with Gasteiger partial charge in [0.15, 0.2) is 0 Å². The van der Waals surface area contributed by atoms with Gasteiger partial charge in [-0.2, -0.15) is 0 Å². The first kappa shape index (κ1) is 15.0. The van der Waals surface area contributed by atoms with E-state index in [9.17, 15) is 0 Å². The Labute approximate surface area is 140 Å². The fourth-order valence-electron chi connectivity index (χ4n) is 2.14. The Morgan fingerprint density at radius 3 is 2.81 bits per heavy atom. The van der Waals surface area contributed by atoms with Crippen LogP contribution in [-0.2, 0) is 0 Å². The van der Waals surface area contributed by atoms with Crippen LogP contribution in [0.25, 0.3) is 9.40 Å². The Kier molecular flexibility index (Phi) is 4.64. The maximum absolute atomic E-state index is 6.41. The molecule has 0 spiro atoms. The Morgan fingerprint density at radius 2 is 2.10 bits per heavy atom. The van der Waals surface area contributed by atoms with E-state index in [-0.39, 0.29) is 6.04 Å². The van der Waals surface area contributed by atoms with Gasteiger partial charge >= 0.3 is 0 Å². The Bertz CT molecular complexity index is 721. The number of hydrogen-bond acceptors (Lipinski definition) is 4. The molecular weight excluding hydrogens is 366 g/mol. The highest BCUT2D eigenvalue weighted by Gasteiger charge is 2.14. The predicted octanol–water partition coefficient (Wildman–Crippen LogP) is 5.56. The molecule has 0 aliphatic carbocycles. The molecule has 3 rings (SSSR count). The van der Waals surface area contributed by atoms with Gasteiger partial charge in [-0.1, -0.05) is 13.0 Å². The number of ether oxygens (including phenoxy) is 1. The lowest BCUT2D eigenvalue weighted by Crippen LogP contribution is -2.10. The van der Waals surface area contributed by atoms with Crippen molar-refractivity contribution >= 4 is 48.0 Å². The van der Waals surface area contributed by atoms with Crippen LogP contribution in [-0.4, -0.2) is 6.61 Å². The minimum atomic E-state index is -0.0916. The SMILES string of the molecule is CCCOc1ccc(C(N)c2cc3sccc3s2)cc1Br. The second-order valence-corrected chi connectivity index (χ2v) is 7.73. The summed E-state index contributed by atoms with van der Waals surface area (Å²) in [7, 11) is 0. The van der Waals surface area contributed by atoms with E-state index in [1.165, 1.54) is 14.3 Å². The van der Waals surface area contributed by atoms with E-state index >= 15 is 0 Å².